The van der Waals surface area contributed by atoms with Gasteiger partial charge < -0.3 is 9.97 Å². The molecule has 0 saturated carbocycles. The molecule has 3 rings (SSSR count). The number of hydrogen-bond donors (Lipinski definition) is 2. The molecule has 0 saturated heterocycles. The first-order valence-corrected chi connectivity index (χ1v) is 6.11. The SMILES string of the molecule is O=C(Cc1ccc(F)cc1)c1ccc2[nH]c(=O)[nH]c2c1. The summed E-state index contributed by atoms with van der Waals surface area (Å²) in [7, 11) is 0. The molecule has 1 aromatic heterocycles. The maximum Gasteiger partial charge on any atom is 0.323 e. The lowest BCUT2D eigenvalue weighted by Crippen LogP contribution is -2.03. The molecule has 2 N–H and O–H groups in total. The van der Waals surface area contributed by atoms with Crippen molar-refractivity contribution in [3.63, 3.8) is 0 Å². The van der Waals surface area contributed by atoms with E-state index in [1.807, 2.05) is 0 Å². The number of Topliss-reactive ketones (excluding diaryl/α,β-unsaturated/α-hetero) is 1. The maximum absolute atomic E-state index is 12.8. The minimum absolute atomic E-state index is 0.0828. The topological polar surface area (TPSA) is 65.7 Å². The van der Waals surface area contributed by atoms with Crippen LogP contribution in [0.4, 0.5) is 4.39 Å². The van der Waals surface area contributed by atoms with E-state index in [9.17, 15) is 14.0 Å². The summed E-state index contributed by atoms with van der Waals surface area (Å²) in [5.74, 6) is -0.409. The Kier molecular flexibility index (Phi) is 2.95. The highest BCUT2D eigenvalue weighted by molar-refractivity contribution is 6.00. The van der Waals surface area contributed by atoms with Crippen molar-refractivity contribution < 1.29 is 9.18 Å². The summed E-state index contributed by atoms with van der Waals surface area (Å²) >= 11 is 0. The molecular weight excluding hydrogens is 259 g/mol. The Bertz CT molecular complexity index is 831. The zero-order chi connectivity index (χ0) is 14.1. The van der Waals surface area contributed by atoms with Crippen LogP contribution in [-0.4, -0.2) is 15.8 Å². The van der Waals surface area contributed by atoms with Crippen molar-refractivity contribution in [1.82, 2.24) is 9.97 Å². The predicted octanol–water partition coefficient (Wildman–Crippen LogP) is 2.42. The normalized spacial score (nSPS) is 10.8. The number of aromatic nitrogens is 2. The number of nitrogens with one attached hydrogen (secondary N) is 2. The number of H-pyrrole nitrogens is 2. The summed E-state index contributed by atoms with van der Waals surface area (Å²) in [4.78, 5) is 28.5. The molecule has 20 heavy (non-hydrogen) atoms. The highest BCUT2D eigenvalue weighted by Gasteiger charge is 2.09. The molecule has 100 valence electrons. The number of imidazole rings is 1. The van der Waals surface area contributed by atoms with Gasteiger partial charge in [-0.2, -0.15) is 0 Å². The van der Waals surface area contributed by atoms with Gasteiger partial charge in [-0.05, 0) is 35.9 Å². The van der Waals surface area contributed by atoms with Gasteiger partial charge in [0.2, 0.25) is 0 Å². The fourth-order valence-electron chi connectivity index (χ4n) is 2.10. The van der Waals surface area contributed by atoms with Crippen LogP contribution in [0.1, 0.15) is 15.9 Å². The quantitative estimate of drug-likeness (QED) is 0.718. The molecule has 0 aliphatic rings. The van der Waals surface area contributed by atoms with Crippen LogP contribution in [0.3, 0.4) is 0 Å². The van der Waals surface area contributed by atoms with Gasteiger partial charge in [-0.3, -0.25) is 4.79 Å². The van der Waals surface area contributed by atoms with Gasteiger partial charge in [0.05, 0.1) is 11.0 Å². The molecule has 0 aliphatic carbocycles. The second-order valence-electron chi connectivity index (χ2n) is 4.57. The molecule has 0 unspecified atom stereocenters. The second-order valence-corrected chi connectivity index (χ2v) is 4.57. The fraction of sp³-hybridized carbons (Fsp3) is 0.0667. The van der Waals surface area contributed by atoms with Crippen molar-refractivity contribution in [1.29, 1.82) is 0 Å². The van der Waals surface area contributed by atoms with E-state index in [0.29, 0.717) is 16.6 Å². The van der Waals surface area contributed by atoms with Gasteiger partial charge in [0.25, 0.3) is 0 Å². The van der Waals surface area contributed by atoms with E-state index in [-0.39, 0.29) is 23.7 Å². The van der Waals surface area contributed by atoms with Crippen molar-refractivity contribution in [3.05, 3.63) is 69.9 Å². The zero-order valence-electron chi connectivity index (χ0n) is 10.4. The monoisotopic (exact) mass is 270 g/mol. The van der Waals surface area contributed by atoms with Gasteiger partial charge in [0.15, 0.2) is 5.78 Å². The number of hydrogen-bond acceptors (Lipinski definition) is 2. The number of ketones is 1. The van der Waals surface area contributed by atoms with E-state index in [1.165, 1.54) is 12.1 Å². The van der Waals surface area contributed by atoms with Gasteiger partial charge in [-0.25, -0.2) is 9.18 Å². The zero-order valence-corrected chi connectivity index (χ0v) is 10.4. The molecule has 0 bridgehead atoms. The van der Waals surface area contributed by atoms with Crippen molar-refractivity contribution >= 4 is 16.8 Å². The Morgan fingerprint density at radius 2 is 1.70 bits per heavy atom. The summed E-state index contributed by atoms with van der Waals surface area (Å²) in [5.41, 5.74) is 2.22. The van der Waals surface area contributed by atoms with Crippen molar-refractivity contribution in [2.24, 2.45) is 0 Å². The largest absolute Gasteiger partial charge is 0.323 e. The second kappa shape index (κ2) is 4.77. The van der Waals surface area contributed by atoms with E-state index in [1.54, 1.807) is 30.3 Å². The Morgan fingerprint density at radius 3 is 2.45 bits per heavy atom. The van der Waals surface area contributed by atoms with Crippen LogP contribution in [-0.2, 0) is 6.42 Å². The third-order valence-corrected chi connectivity index (χ3v) is 3.12. The maximum atomic E-state index is 12.8. The number of benzene rings is 2. The van der Waals surface area contributed by atoms with Crippen LogP contribution in [0.2, 0.25) is 0 Å². The summed E-state index contributed by atoms with van der Waals surface area (Å²) in [6, 6.07) is 10.8. The first kappa shape index (κ1) is 12.3. The van der Waals surface area contributed by atoms with Gasteiger partial charge in [-0.1, -0.05) is 12.1 Å². The Balaban J connectivity index is 1.88. The van der Waals surface area contributed by atoms with Crippen LogP contribution >= 0.6 is 0 Å². The summed E-state index contributed by atoms with van der Waals surface area (Å²) in [6.45, 7) is 0. The fourth-order valence-corrected chi connectivity index (χ4v) is 2.10. The van der Waals surface area contributed by atoms with E-state index in [4.69, 9.17) is 0 Å². The molecule has 0 fully saturated rings. The standard InChI is InChI=1S/C15H11FN2O2/c16-11-4-1-9(2-5-11)7-14(19)10-3-6-12-13(8-10)18-15(20)17-12/h1-6,8H,7H2,(H2,17,18,20). The van der Waals surface area contributed by atoms with Gasteiger partial charge in [0.1, 0.15) is 5.82 Å². The minimum atomic E-state index is -0.326. The van der Waals surface area contributed by atoms with Crippen LogP contribution in [0.15, 0.2) is 47.3 Å². The number of carbonyl (C=O) groups excluding carboxylic acids is 1. The first-order chi connectivity index (χ1) is 9.61. The number of halogens is 1. The number of fused-ring (bicyclic) bond motifs is 1. The van der Waals surface area contributed by atoms with E-state index < -0.39 is 0 Å². The van der Waals surface area contributed by atoms with Crippen LogP contribution in [0.25, 0.3) is 11.0 Å². The molecule has 2 aromatic carbocycles. The average molecular weight is 270 g/mol. The highest BCUT2D eigenvalue weighted by atomic mass is 19.1. The van der Waals surface area contributed by atoms with Crippen LogP contribution < -0.4 is 5.69 Å². The molecule has 0 aliphatic heterocycles. The molecular formula is C15H11FN2O2. The summed E-state index contributed by atoms with van der Waals surface area (Å²) in [6.07, 6.45) is 0.195. The lowest BCUT2D eigenvalue weighted by molar-refractivity contribution is 0.0993. The van der Waals surface area contributed by atoms with Crippen molar-refractivity contribution in [2.45, 2.75) is 6.42 Å². The smallest absolute Gasteiger partial charge is 0.306 e. The number of carbonyl (C=O) groups is 1. The lowest BCUT2D eigenvalue weighted by atomic mass is 10.0. The molecule has 3 aromatic rings. The molecule has 0 radical (unpaired) electrons. The number of aromatic amines is 2. The molecule has 0 amide bonds. The highest BCUT2D eigenvalue weighted by Crippen LogP contribution is 2.13. The summed E-state index contributed by atoms with van der Waals surface area (Å²) in [5, 5.41) is 0. The van der Waals surface area contributed by atoms with E-state index in [2.05, 4.69) is 9.97 Å². The Hall–Kier alpha value is -2.69. The van der Waals surface area contributed by atoms with Crippen LogP contribution in [0, 0.1) is 5.82 Å². The van der Waals surface area contributed by atoms with Crippen molar-refractivity contribution in [3.8, 4) is 0 Å². The third kappa shape index (κ3) is 2.38. The Labute approximate surface area is 113 Å². The van der Waals surface area contributed by atoms with E-state index >= 15 is 0 Å². The van der Waals surface area contributed by atoms with Gasteiger partial charge >= 0.3 is 5.69 Å². The van der Waals surface area contributed by atoms with Crippen molar-refractivity contribution in [2.75, 3.05) is 0 Å². The molecule has 0 spiro atoms. The van der Waals surface area contributed by atoms with Crippen LogP contribution in [0.5, 0.6) is 0 Å². The number of rotatable bonds is 3. The molecule has 4 nitrogen and oxygen atoms in total. The average Bonchev–Trinajstić information content (AvgIpc) is 2.80. The minimum Gasteiger partial charge on any atom is -0.306 e. The lowest BCUT2D eigenvalue weighted by Gasteiger charge is -2.02. The Morgan fingerprint density at radius 1 is 1.00 bits per heavy atom. The third-order valence-electron chi connectivity index (χ3n) is 3.12. The van der Waals surface area contributed by atoms with Gasteiger partial charge in [-0.15, -0.1) is 0 Å². The molecule has 0 atom stereocenters. The summed E-state index contributed by atoms with van der Waals surface area (Å²) < 4.78 is 12.8. The molecule has 1 heterocycles. The molecule has 5 heteroatoms. The first-order valence-electron chi connectivity index (χ1n) is 6.11. The predicted molar refractivity (Wildman–Crippen MR) is 73.4 cm³/mol. The van der Waals surface area contributed by atoms with E-state index in [0.717, 1.165) is 5.56 Å². The van der Waals surface area contributed by atoms with Gasteiger partial charge in [0, 0.05) is 12.0 Å².